The molecule has 41 heavy (non-hydrogen) atoms. The number of para-hydroxylation sites is 1. The molecule has 9 heteroatoms. The second kappa shape index (κ2) is 19.5. The van der Waals surface area contributed by atoms with Crippen molar-refractivity contribution >= 4 is 40.8 Å². The van der Waals surface area contributed by atoms with Crippen LogP contribution in [-0.4, -0.2) is 46.0 Å². The highest BCUT2D eigenvalue weighted by Crippen LogP contribution is 2.21. The third-order valence-corrected chi connectivity index (χ3v) is 7.36. The van der Waals surface area contributed by atoms with Gasteiger partial charge in [0.05, 0.1) is 17.1 Å². The molecule has 0 unspecified atom stereocenters. The third-order valence-electron chi connectivity index (χ3n) is 7.36. The normalized spacial score (nSPS) is 12.5. The van der Waals surface area contributed by atoms with Gasteiger partial charge >= 0.3 is 5.97 Å². The van der Waals surface area contributed by atoms with E-state index in [0.717, 1.165) is 68.6 Å². The van der Waals surface area contributed by atoms with Crippen LogP contribution in [-0.2, 0) is 19.2 Å². The van der Waals surface area contributed by atoms with Crippen molar-refractivity contribution < 1.29 is 29.1 Å². The van der Waals surface area contributed by atoms with Crippen molar-refractivity contribution in [2.24, 2.45) is 11.7 Å². The number of aromatic nitrogens is 1. The van der Waals surface area contributed by atoms with Crippen LogP contribution in [0, 0.1) is 5.92 Å². The van der Waals surface area contributed by atoms with Gasteiger partial charge in [-0.3, -0.25) is 24.2 Å². The first kappa shape index (κ1) is 33.6. The molecule has 0 fully saturated rings. The molecule has 0 saturated carbocycles. The molecule has 0 radical (unpaired) electrons. The zero-order chi connectivity index (χ0) is 29.9. The van der Waals surface area contributed by atoms with Gasteiger partial charge < -0.3 is 21.0 Å². The molecule has 2 amide bonds. The van der Waals surface area contributed by atoms with Crippen LogP contribution in [0.1, 0.15) is 113 Å². The van der Waals surface area contributed by atoms with Crippen molar-refractivity contribution in [2.45, 2.75) is 109 Å². The first-order chi connectivity index (χ1) is 19.8. The maximum Gasteiger partial charge on any atom is 0.303 e. The van der Waals surface area contributed by atoms with Gasteiger partial charge in [-0.2, -0.15) is 0 Å². The summed E-state index contributed by atoms with van der Waals surface area (Å²) in [5, 5.41) is 12.6. The molecular formula is C32H45N3O6. The summed E-state index contributed by atoms with van der Waals surface area (Å²) in [6.45, 7) is 0. The average Bonchev–Trinajstić information content (AvgIpc) is 2.95. The molecule has 2 aromatic rings. The summed E-state index contributed by atoms with van der Waals surface area (Å²) in [6.07, 6.45) is 14.3. The van der Waals surface area contributed by atoms with Gasteiger partial charge in [-0.15, -0.1) is 0 Å². The molecule has 1 heterocycles. The molecule has 2 atom stereocenters. The minimum atomic E-state index is -0.979. The van der Waals surface area contributed by atoms with Crippen LogP contribution in [0.2, 0.25) is 0 Å². The number of hydrogen-bond donors (Lipinski definition) is 3. The summed E-state index contributed by atoms with van der Waals surface area (Å²) in [7, 11) is 0. The van der Waals surface area contributed by atoms with Crippen LogP contribution in [0.25, 0.3) is 10.9 Å². The van der Waals surface area contributed by atoms with E-state index in [1.165, 1.54) is 19.0 Å². The van der Waals surface area contributed by atoms with Crippen LogP contribution in [0.4, 0.5) is 0 Å². The number of carboxylic acid groups (broad SMARTS) is 1. The summed E-state index contributed by atoms with van der Waals surface area (Å²) in [5.74, 6) is -2.95. The second-order valence-electron chi connectivity index (χ2n) is 10.8. The van der Waals surface area contributed by atoms with Crippen molar-refractivity contribution in [3.63, 3.8) is 0 Å². The van der Waals surface area contributed by atoms with E-state index in [1.54, 1.807) is 6.07 Å². The first-order valence-corrected chi connectivity index (χ1v) is 14.9. The molecule has 0 aliphatic carbocycles. The third kappa shape index (κ3) is 13.5. The lowest BCUT2D eigenvalue weighted by molar-refractivity contribution is -0.137. The van der Waals surface area contributed by atoms with Gasteiger partial charge in [-0.25, -0.2) is 0 Å². The minimum Gasteiger partial charge on any atom is -0.481 e. The monoisotopic (exact) mass is 567 g/mol. The van der Waals surface area contributed by atoms with Crippen LogP contribution in [0.5, 0.6) is 0 Å². The van der Waals surface area contributed by atoms with Crippen molar-refractivity contribution in [3.8, 4) is 0 Å². The summed E-state index contributed by atoms with van der Waals surface area (Å²) in [5.41, 5.74) is 6.51. The van der Waals surface area contributed by atoms with Crippen molar-refractivity contribution in [1.29, 1.82) is 0 Å². The Morgan fingerprint density at radius 3 is 2.15 bits per heavy atom. The number of benzene rings is 1. The first-order valence-electron chi connectivity index (χ1n) is 14.9. The fraction of sp³-hybridized carbons (Fsp3) is 0.562. The fourth-order valence-electron chi connectivity index (χ4n) is 5.08. The van der Waals surface area contributed by atoms with Gasteiger partial charge in [-0.05, 0) is 37.8 Å². The lowest BCUT2D eigenvalue weighted by Gasteiger charge is -2.23. The number of hydrogen-bond acceptors (Lipinski definition) is 6. The van der Waals surface area contributed by atoms with Crippen LogP contribution in [0.15, 0.2) is 36.5 Å². The molecule has 0 saturated heterocycles. The number of fused-ring (bicyclic) bond motifs is 1. The van der Waals surface area contributed by atoms with Gasteiger partial charge in [0.2, 0.25) is 5.91 Å². The Balaban J connectivity index is 1.92. The number of nitrogens with zero attached hydrogens (tertiary/aromatic N) is 1. The SMILES string of the molecule is NC(=O)C[C@H](CCCCCCCCCCCCC=O)C(=O)[C@H](CCCC(=O)O)NC(=O)c1cnc2ccccc2c1. The van der Waals surface area contributed by atoms with E-state index in [1.807, 2.05) is 24.3 Å². The van der Waals surface area contributed by atoms with Crippen LogP contribution in [0.3, 0.4) is 0 Å². The van der Waals surface area contributed by atoms with Crippen molar-refractivity contribution in [2.75, 3.05) is 0 Å². The van der Waals surface area contributed by atoms with Crippen LogP contribution >= 0.6 is 0 Å². The maximum atomic E-state index is 13.6. The maximum absolute atomic E-state index is 13.6. The molecule has 0 spiro atoms. The van der Waals surface area contributed by atoms with E-state index in [9.17, 15) is 24.0 Å². The Bertz CT molecular complexity index is 1140. The number of Topliss-reactive ketones (excluding diaryl/α,β-unsaturated/α-hetero) is 1. The van der Waals surface area contributed by atoms with Gasteiger partial charge in [0.15, 0.2) is 5.78 Å². The van der Waals surface area contributed by atoms with Crippen molar-refractivity contribution in [1.82, 2.24) is 10.3 Å². The van der Waals surface area contributed by atoms with E-state index in [0.29, 0.717) is 18.4 Å². The molecule has 4 N–H and O–H groups in total. The molecule has 0 aliphatic heterocycles. The highest BCUT2D eigenvalue weighted by molar-refractivity contribution is 6.00. The van der Waals surface area contributed by atoms with E-state index in [-0.39, 0.29) is 31.5 Å². The predicted molar refractivity (Wildman–Crippen MR) is 158 cm³/mol. The Kier molecular flexibility index (Phi) is 15.9. The summed E-state index contributed by atoms with van der Waals surface area (Å²) in [4.78, 5) is 64.2. The van der Waals surface area contributed by atoms with E-state index < -0.39 is 29.7 Å². The Labute approximate surface area is 242 Å². The molecule has 0 aliphatic rings. The van der Waals surface area contributed by atoms with Gasteiger partial charge in [0.25, 0.3) is 5.91 Å². The summed E-state index contributed by atoms with van der Waals surface area (Å²) in [6, 6.07) is 8.15. The number of primary amides is 1. The standard InChI is InChI=1S/C32H45N3O6/c33-29(37)22-25(16-10-8-6-4-2-1-3-5-7-9-13-20-36)31(40)28(18-14-19-30(38)39)35-32(41)26-21-24-15-11-12-17-27(24)34-23-26/h11-12,15,17,20-21,23,25,28H,1-10,13-14,16,18-19,22H2,(H2,33,37)(H,35,41)(H,38,39)/t25-,28-/m0/s1. The van der Waals surface area contributed by atoms with E-state index in [4.69, 9.17) is 10.8 Å². The Hall–Kier alpha value is -3.62. The average molecular weight is 568 g/mol. The molecule has 0 bridgehead atoms. The second-order valence-corrected chi connectivity index (χ2v) is 10.8. The zero-order valence-corrected chi connectivity index (χ0v) is 24.0. The fourth-order valence-corrected chi connectivity index (χ4v) is 5.08. The zero-order valence-electron chi connectivity index (χ0n) is 24.0. The number of aliphatic carboxylic acids is 1. The molecule has 2 rings (SSSR count). The smallest absolute Gasteiger partial charge is 0.303 e. The summed E-state index contributed by atoms with van der Waals surface area (Å²) >= 11 is 0. The van der Waals surface area contributed by atoms with Crippen molar-refractivity contribution in [3.05, 3.63) is 42.1 Å². The number of rotatable bonds is 23. The number of nitrogens with one attached hydrogen (secondary N) is 1. The topological polar surface area (TPSA) is 157 Å². The van der Waals surface area contributed by atoms with Gasteiger partial charge in [0, 0.05) is 36.8 Å². The molecule has 1 aromatic heterocycles. The quantitative estimate of drug-likeness (QED) is 0.118. The van der Waals surface area contributed by atoms with E-state index >= 15 is 0 Å². The number of unbranched alkanes of at least 4 members (excludes halogenated alkanes) is 10. The lowest BCUT2D eigenvalue weighted by Crippen LogP contribution is -2.44. The highest BCUT2D eigenvalue weighted by atomic mass is 16.4. The molecular weight excluding hydrogens is 522 g/mol. The number of pyridine rings is 1. The number of carbonyl (C=O) groups excluding carboxylic acids is 4. The number of aldehydes is 1. The number of carboxylic acids is 1. The highest BCUT2D eigenvalue weighted by Gasteiger charge is 2.29. The minimum absolute atomic E-state index is 0.105. The number of carbonyl (C=O) groups is 5. The Morgan fingerprint density at radius 2 is 1.51 bits per heavy atom. The Morgan fingerprint density at radius 1 is 0.878 bits per heavy atom. The number of ketones is 1. The summed E-state index contributed by atoms with van der Waals surface area (Å²) < 4.78 is 0. The largest absolute Gasteiger partial charge is 0.481 e. The van der Waals surface area contributed by atoms with E-state index in [2.05, 4.69) is 10.3 Å². The lowest BCUT2D eigenvalue weighted by atomic mass is 9.87. The molecule has 224 valence electrons. The number of amides is 2. The molecule has 9 nitrogen and oxygen atoms in total. The van der Waals surface area contributed by atoms with Gasteiger partial charge in [0.1, 0.15) is 6.29 Å². The number of nitrogens with two attached hydrogens (primary N) is 1. The predicted octanol–water partition coefficient (Wildman–Crippen LogP) is 5.53. The molecule has 1 aromatic carbocycles. The van der Waals surface area contributed by atoms with Crippen LogP contribution < -0.4 is 11.1 Å². The van der Waals surface area contributed by atoms with Gasteiger partial charge in [-0.1, -0.05) is 76.0 Å².